The van der Waals surface area contributed by atoms with Gasteiger partial charge in [0.2, 0.25) is 5.91 Å². The normalized spacial score (nSPS) is 20.1. The Morgan fingerprint density at radius 3 is 2.91 bits per heavy atom. The summed E-state index contributed by atoms with van der Waals surface area (Å²) >= 11 is 3.46. The van der Waals surface area contributed by atoms with Crippen molar-refractivity contribution in [2.45, 2.75) is 32.7 Å². The molecule has 1 heterocycles. The lowest BCUT2D eigenvalue weighted by Gasteiger charge is -2.34. The standard InChI is InChI=1S/C16H24BrN3O.ClH/c1-11-8-14(5-6-15(11)17)19-16(21)10-20-7-3-4-13(9-20)12(2)18;/h5-6,8,12-13H,3-4,7,9-10,18H2,1-2H3,(H,19,21);1H. The summed E-state index contributed by atoms with van der Waals surface area (Å²) in [6.45, 7) is 6.41. The van der Waals surface area contributed by atoms with E-state index in [2.05, 4.69) is 33.1 Å². The molecule has 1 aliphatic heterocycles. The molecule has 0 spiro atoms. The van der Waals surface area contributed by atoms with Crippen molar-refractivity contribution in [2.24, 2.45) is 11.7 Å². The average molecular weight is 391 g/mol. The Morgan fingerprint density at radius 2 is 2.27 bits per heavy atom. The van der Waals surface area contributed by atoms with Crippen molar-refractivity contribution < 1.29 is 4.79 Å². The third-order valence-electron chi connectivity index (χ3n) is 4.09. The number of carbonyl (C=O) groups excluding carboxylic acids is 1. The average Bonchev–Trinajstić information content (AvgIpc) is 2.43. The molecule has 22 heavy (non-hydrogen) atoms. The second kappa shape index (κ2) is 8.87. The monoisotopic (exact) mass is 389 g/mol. The molecule has 0 saturated carbocycles. The van der Waals surface area contributed by atoms with Crippen molar-refractivity contribution in [1.29, 1.82) is 0 Å². The fourth-order valence-corrected chi connectivity index (χ4v) is 3.04. The zero-order valence-electron chi connectivity index (χ0n) is 13.1. The Kier molecular flexibility index (Phi) is 7.83. The van der Waals surface area contributed by atoms with Gasteiger partial charge in [0.1, 0.15) is 0 Å². The first-order chi connectivity index (χ1) is 9.95. The van der Waals surface area contributed by atoms with Crippen LogP contribution in [-0.4, -0.2) is 36.5 Å². The van der Waals surface area contributed by atoms with Crippen molar-refractivity contribution in [3.63, 3.8) is 0 Å². The Labute approximate surface area is 147 Å². The lowest BCUT2D eigenvalue weighted by atomic mass is 9.92. The summed E-state index contributed by atoms with van der Waals surface area (Å²) in [6.07, 6.45) is 2.29. The number of hydrogen-bond donors (Lipinski definition) is 2. The van der Waals surface area contributed by atoms with E-state index >= 15 is 0 Å². The van der Waals surface area contributed by atoms with Gasteiger partial charge in [0.05, 0.1) is 6.54 Å². The number of halogens is 2. The minimum Gasteiger partial charge on any atom is -0.328 e. The highest BCUT2D eigenvalue weighted by atomic mass is 79.9. The third-order valence-corrected chi connectivity index (χ3v) is 4.98. The van der Waals surface area contributed by atoms with E-state index in [4.69, 9.17) is 5.73 Å². The zero-order chi connectivity index (χ0) is 15.4. The van der Waals surface area contributed by atoms with Crippen molar-refractivity contribution in [1.82, 2.24) is 4.90 Å². The highest BCUT2D eigenvalue weighted by Crippen LogP contribution is 2.21. The SMILES string of the molecule is Cc1cc(NC(=O)CN2CCCC(C(C)N)C2)ccc1Br.Cl. The van der Waals surface area contributed by atoms with Crippen molar-refractivity contribution in [3.8, 4) is 0 Å². The van der Waals surface area contributed by atoms with Gasteiger partial charge in [0, 0.05) is 22.7 Å². The van der Waals surface area contributed by atoms with Crippen LogP contribution in [-0.2, 0) is 4.79 Å². The number of amides is 1. The number of hydrogen-bond acceptors (Lipinski definition) is 3. The van der Waals surface area contributed by atoms with Crippen LogP contribution < -0.4 is 11.1 Å². The second-order valence-electron chi connectivity index (χ2n) is 6.01. The predicted molar refractivity (Wildman–Crippen MR) is 97.6 cm³/mol. The summed E-state index contributed by atoms with van der Waals surface area (Å²) in [5, 5.41) is 2.97. The van der Waals surface area contributed by atoms with Crippen LogP contribution in [0.4, 0.5) is 5.69 Å². The van der Waals surface area contributed by atoms with E-state index < -0.39 is 0 Å². The molecule has 0 radical (unpaired) electrons. The van der Waals surface area contributed by atoms with E-state index in [1.165, 1.54) is 6.42 Å². The van der Waals surface area contributed by atoms with Crippen LogP contribution in [0.1, 0.15) is 25.3 Å². The lowest BCUT2D eigenvalue weighted by Crippen LogP contribution is -2.45. The fourth-order valence-electron chi connectivity index (χ4n) is 2.79. The number of anilines is 1. The van der Waals surface area contributed by atoms with Crippen LogP contribution in [0.25, 0.3) is 0 Å². The molecule has 2 atom stereocenters. The molecule has 1 aliphatic rings. The van der Waals surface area contributed by atoms with Crippen LogP contribution in [0.15, 0.2) is 22.7 Å². The second-order valence-corrected chi connectivity index (χ2v) is 6.86. The Hall–Kier alpha value is -0.620. The van der Waals surface area contributed by atoms with E-state index in [-0.39, 0.29) is 24.4 Å². The van der Waals surface area contributed by atoms with Crippen LogP contribution in [0.5, 0.6) is 0 Å². The number of nitrogens with one attached hydrogen (secondary N) is 1. The summed E-state index contributed by atoms with van der Waals surface area (Å²) < 4.78 is 1.05. The van der Waals surface area contributed by atoms with Gasteiger partial charge in [-0.25, -0.2) is 0 Å². The molecule has 0 bridgehead atoms. The van der Waals surface area contributed by atoms with Gasteiger partial charge in [0.15, 0.2) is 0 Å². The topological polar surface area (TPSA) is 58.4 Å². The maximum Gasteiger partial charge on any atom is 0.238 e. The molecule has 1 fully saturated rings. The Balaban J connectivity index is 0.00000242. The summed E-state index contributed by atoms with van der Waals surface area (Å²) in [5.74, 6) is 0.545. The number of nitrogens with zero attached hydrogens (tertiary/aromatic N) is 1. The number of piperidine rings is 1. The lowest BCUT2D eigenvalue weighted by molar-refractivity contribution is -0.117. The first-order valence-electron chi connectivity index (χ1n) is 7.49. The van der Waals surface area contributed by atoms with Crippen molar-refractivity contribution in [2.75, 3.05) is 25.0 Å². The van der Waals surface area contributed by atoms with Gasteiger partial charge in [-0.3, -0.25) is 9.69 Å². The van der Waals surface area contributed by atoms with Gasteiger partial charge in [-0.2, -0.15) is 0 Å². The minimum atomic E-state index is 0. The van der Waals surface area contributed by atoms with Crippen molar-refractivity contribution >= 4 is 39.9 Å². The molecule has 2 rings (SSSR count). The third kappa shape index (κ3) is 5.54. The molecule has 1 aromatic rings. The summed E-state index contributed by atoms with van der Waals surface area (Å²) in [5.41, 5.74) is 7.95. The largest absolute Gasteiger partial charge is 0.328 e. The molecule has 124 valence electrons. The molecular weight excluding hydrogens is 366 g/mol. The number of likely N-dealkylation sites (tertiary alicyclic amines) is 1. The molecule has 1 aromatic carbocycles. The molecule has 3 N–H and O–H groups in total. The Morgan fingerprint density at radius 1 is 1.55 bits per heavy atom. The minimum absolute atomic E-state index is 0. The highest BCUT2D eigenvalue weighted by Gasteiger charge is 2.23. The number of nitrogens with two attached hydrogens (primary N) is 1. The predicted octanol–water partition coefficient (Wildman–Crippen LogP) is 3.18. The maximum atomic E-state index is 12.2. The van der Waals surface area contributed by atoms with E-state index in [1.54, 1.807) is 0 Å². The number of carbonyl (C=O) groups is 1. The van der Waals surface area contributed by atoms with E-state index in [0.717, 1.165) is 35.2 Å². The van der Waals surface area contributed by atoms with Gasteiger partial charge < -0.3 is 11.1 Å². The Bertz CT molecular complexity index is 510. The summed E-state index contributed by atoms with van der Waals surface area (Å²) in [4.78, 5) is 14.4. The van der Waals surface area contributed by atoms with Gasteiger partial charge in [0.25, 0.3) is 0 Å². The smallest absolute Gasteiger partial charge is 0.238 e. The first kappa shape index (κ1) is 19.4. The van der Waals surface area contributed by atoms with Gasteiger partial charge in [-0.1, -0.05) is 15.9 Å². The fraction of sp³-hybridized carbons (Fsp3) is 0.562. The van der Waals surface area contributed by atoms with Crippen molar-refractivity contribution in [3.05, 3.63) is 28.2 Å². The maximum absolute atomic E-state index is 12.2. The number of rotatable bonds is 4. The zero-order valence-corrected chi connectivity index (χ0v) is 15.5. The molecule has 2 unspecified atom stereocenters. The molecule has 1 amide bonds. The van der Waals surface area contributed by atoms with E-state index in [1.807, 2.05) is 25.1 Å². The molecule has 0 aromatic heterocycles. The highest BCUT2D eigenvalue weighted by molar-refractivity contribution is 9.10. The molecule has 1 saturated heterocycles. The molecule has 6 heteroatoms. The molecule has 4 nitrogen and oxygen atoms in total. The quantitative estimate of drug-likeness (QED) is 0.830. The summed E-state index contributed by atoms with van der Waals surface area (Å²) in [6, 6.07) is 6.04. The number of benzene rings is 1. The molecule has 0 aliphatic carbocycles. The van der Waals surface area contributed by atoms with Crippen LogP contribution in [0, 0.1) is 12.8 Å². The van der Waals surface area contributed by atoms with E-state index in [9.17, 15) is 4.79 Å². The summed E-state index contributed by atoms with van der Waals surface area (Å²) in [7, 11) is 0. The van der Waals surface area contributed by atoms with E-state index in [0.29, 0.717) is 12.5 Å². The van der Waals surface area contributed by atoms with Gasteiger partial charge in [-0.05, 0) is 62.9 Å². The van der Waals surface area contributed by atoms with Gasteiger partial charge in [-0.15, -0.1) is 12.4 Å². The van der Waals surface area contributed by atoms with Crippen LogP contribution in [0.3, 0.4) is 0 Å². The van der Waals surface area contributed by atoms with Crippen LogP contribution >= 0.6 is 28.3 Å². The first-order valence-corrected chi connectivity index (χ1v) is 8.29. The number of aryl methyl sites for hydroxylation is 1. The van der Waals surface area contributed by atoms with Gasteiger partial charge >= 0.3 is 0 Å². The van der Waals surface area contributed by atoms with Crippen LogP contribution in [0.2, 0.25) is 0 Å². The molecular formula is C16H25BrClN3O.